The van der Waals surface area contributed by atoms with Gasteiger partial charge in [0.2, 0.25) is 0 Å². The maximum absolute atomic E-state index is 12.0. The molecular weight excluding hydrogens is 330 g/mol. The molecule has 19 heavy (non-hydrogen) atoms. The summed E-state index contributed by atoms with van der Waals surface area (Å²) >= 11 is 9.10. The molecule has 98 valence electrons. The molecule has 2 rings (SSSR count). The Morgan fingerprint density at radius 2 is 2.16 bits per heavy atom. The fourth-order valence-electron chi connectivity index (χ4n) is 1.59. The van der Waals surface area contributed by atoms with Crippen LogP contribution < -0.4 is 11.1 Å². The average Bonchev–Trinajstić information content (AvgIpc) is 2.34. The Labute approximate surface area is 124 Å². The van der Waals surface area contributed by atoms with Gasteiger partial charge in [0.1, 0.15) is 5.69 Å². The van der Waals surface area contributed by atoms with Gasteiger partial charge in [-0.25, -0.2) is 4.98 Å². The van der Waals surface area contributed by atoms with Gasteiger partial charge in [-0.2, -0.15) is 0 Å². The SMILES string of the molecule is Cc1cc(N)c(NC(=O)c2ccc(Cl)cn2)c(Br)c1. The van der Waals surface area contributed by atoms with Gasteiger partial charge >= 0.3 is 0 Å². The molecule has 0 saturated carbocycles. The predicted octanol–water partition coefficient (Wildman–Crippen LogP) is 3.64. The molecular formula is C13H11BrClN3O. The average molecular weight is 341 g/mol. The van der Waals surface area contributed by atoms with Crippen LogP contribution in [0.3, 0.4) is 0 Å². The van der Waals surface area contributed by atoms with E-state index in [9.17, 15) is 4.79 Å². The largest absolute Gasteiger partial charge is 0.397 e. The van der Waals surface area contributed by atoms with Crippen LogP contribution in [0.5, 0.6) is 0 Å². The fourth-order valence-corrected chi connectivity index (χ4v) is 2.39. The highest BCUT2D eigenvalue weighted by Crippen LogP contribution is 2.30. The zero-order valence-electron chi connectivity index (χ0n) is 10.1. The van der Waals surface area contributed by atoms with E-state index in [0.717, 1.165) is 10.0 Å². The van der Waals surface area contributed by atoms with Crippen molar-refractivity contribution >= 4 is 44.8 Å². The van der Waals surface area contributed by atoms with Gasteiger partial charge in [0.15, 0.2) is 0 Å². The summed E-state index contributed by atoms with van der Waals surface area (Å²) in [5.41, 5.74) is 8.20. The lowest BCUT2D eigenvalue weighted by Gasteiger charge is -2.11. The number of anilines is 2. The molecule has 0 fully saturated rings. The van der Waals surface area contributed by atoms with Gasteiger partial charge < -0.3 is 11.1 Å². The van der Waals surface area contributed by atoms with Crippen LogP contribution in [-0.2, 0) is 0 Å². The number of hydrogen-bond donors (Lipinski definition) is 2. The Kier molecular flexibility index (Phi) is 4.07. The molecule has 2 aromatic rings. The highest BCUT2D eigenvalue weighted by molar-refractivity contribution is 9.10. The fraction of sp³-hybridized carbons (Fsp3) is 0.0769. The maximum atomic E-state index is 12.0. The Morgan fingerprint density at radius 3 is 2.74 bits per heavy atom. The molecule has 6 heteroatoms. The lowest BCUT2D eigenvalue weighted by atomic mass is 10.2. The smallest absolute Gasteiger partial charge is 0.274 e. The van der Waals surface area contributed by atoms with E-state index in [-0.39, 0.29) is 11.6 Å². The summed E-state index contributed by atoms with van der Waals surface area (Å²) in [5, 5.41) is 3.20. The predicted molar refractivity (Wildman–Crippen MR) is 80.5 cm³/mol. The van der Waals surface area contributed by atoms with Crippen molar-refractivity contribution in [2.75, 3.05) is 11.1 Å². The molecule has 1 amide bonds. The van der Waals surface area contributed by atoms with Crippen LogP contribution in [0.4, 0.5) is 11.4 Å². The molecule has 1 aromatic carbocycles. The first-order valence-corrected chi connectivity index (χ1v) is 6.63. The second-order valence-electron chi connectivity index (χ2n) is 4.03. The number of aromatic nitrogens is 1. The molecule has 4 nitrogen and oxygen atoms in total. The van der Waals surface area contributed by atoms with Crippen molar-refractivity contribution in [3.63, 3.8) is 0 Å². The zero-order chi connectivity index (χ0) is 14.0. The number of hydrogen-bond acceptors (Lipinski definition) is 3. The van der Waals surface area contributed by atoms with E-state index in [0.29, 0.717) is 16.4 Å². The number of halogens is 2. The molecule has 0 spiro atoms. The summed E-state index contributed by atoms with van der Waals surface area (Å²) in [6.07, 6.45) is 1.42. The summed E-state index contributed by atoms with van der Waals surface area (Å²) in [6.45, 7) is 1.92. The molecule has 0 bridgehead atoms. The first kappa shape index (κ1) is 13.8. The van der Waals surface area contributed by atoms with Crippen molar-refractivity contribution < 1.29 is 4.79 Å². The Hall–Kier alpha value is -1.59. The molecule has 0 saturated heterocycles. The number of nitrogens with two attached hydrogens (primary N) is 1. The molecule has 0 aliphatic heterocycles. The van der Waals surface area contributed by atoms with Crippen LogP contribution in [0.15, 0.2) is 34.9 Å². The van der Waals surface area contributed by atoms with Crippen molar-refractivity contribution in [1.29, 1.82) is 0 Å². The highest BCUT2D eigenvalue weighted by atomic mass is 79.9. The summed E-state index contributed by atoms with van der Waals surface area (Å²) in [5.74, 6) is -0.340. The molecule has 0 radical (unpaired) electrons. The summed E-state index contributed by atoms with van der Waals surface area (Å²) in [7, 11) is 0. The lowest BCUT2D eigenvalue weighted by Crippen LogP contribution is -2.15. The topological polar surface area (TPSA) is 68.0 Å². The van der Waals surface area contributed by atoms with E-state index >= 15 is 0 Å². The molecule has 0 aliphatic rings. The van der Waals surface area contributed by atoms with Gasteiger partial charge in [0, 0.05) is 10.7 Å². The Morgan fingerprint density at radius 1 is 1.42 bits per heavy atom. The molecule has 1 aromatic heterocycles. The number of carbonyl (C=O) groups is 1. The van der Waals surface area contributed by atoms with E-state index in [1.807, 2.05) is 13.0 Å². The molecule has 3 N–H and O–H groups in total. The number of pyridine rings is 1. The van der Waals surface area contributed by atoms with Crippen LogP contribution in [-0.4, -0.2) is 10.9 Å². The van der Waals surface area contributed by atoms with Gasteiger partial charge in [-0.05, 0) is 52.7 Å². The number of nitrogens with zero attached hydrogens (tertiary/aromatic N) is 1. The van der Waals surface area contributed by atoms with Crippen LogP contribution in [0, 0.1) is 6.92 Å². The number of carbonyl (C=O) groups excluding carboxylic acids is 1. The summed E-state index contributed by atoms with van der Waals surface area (Å²) in [4.78, 5) is 16.0. The zero-order valence-corrected chi connectivity index (χ0v) is 12.4. The number of benzene rings is 1. The molecule has 0 aliphatic carbocycles. The van der Waals surface area contributed by atoms with Crippen molar-refractivity contribution in [1.82, 2.24) is 4.98 Å². The maximum Gasteiger partial charge on any atom is 0.274 e. The lowest BCUT2D eigenvalue weighted by molar-refractivity contribution is 0.102. The highest BCUT2D eigenvalue weighted by Gasteiger charge is 2.12. The van der Waals surface area contributed by atoms with Crippen LogP contribution in [0.1, 0.15) is 16.1 Å². The van der Waals surface area contributed by atoms with Crippen LogP contribution in [0.2, 0.25) is 5.02 Å². The van der Waals surface area contributed by atoms with E-state index < -0.39 is 0 Å². The summed E-state index contributed by atoms with van der Waals surface area (Å²) in [6, 6.07) is 6.82. The third-order valence-electron chi connectivity index (χ3n) is 2.46. The number of aryl methyl sites for hydroxylation is 1. The Balaban J connectivity index is 2.26. The van der Waals surface area contributed by atoms with Gasteiger partial charge in [-0.1, -0.05) is 11.6 Å². The van der Waals surface area contributed by atoms with Crippen molar-refractivity contribution in [2.45, 2.75) is 6.92 Å². The van der Waals surface area contributed by atoms with Crippen molar-refractivity contribution in [3.8, 4) is 0 Å². The second-order valence-corrected chi connectivity index (χ2v) is 5.32. The van der Waals surface area contributed by atoms with E-state index in [1.54, 1.807) is 18.2 Å². The van der Waals surface area contributed by atoms with Gasteiger partial charge in [-0.3, -0.25) is 4.79 Å². The third kappa shape index (κ3) is 3.24. The first-order chi connectivity index (χ1) is 8.97. The number of nitrogens with one attached hydrogen (secondary N) is 1. The second kappa shape index (κ2) is 5.59. The summed E-state index contributed by atoms with van der Waals surface area (Å²) < 4.78 is 0.729. The monoisotopic (exact) mass is 339 g/mol. The minimum Gasteiger partial charge on any atom is -0.397 e. The normalized spacial score (nSPS) is 10.3. The number of nitrogen functional groups attached to an aromatic ring is 1. The molecule has 0 atom stereocenters. The van der Waals surface area contributed by atoms with Crippen LogP contribution >= 0.6 is 27.5 Å². The van der Waals surface area contributed by atoms with Gasteiger partial charge in [-0.15, -0.1) is 0 Å². The number of amides is 1. The Bertz CT molecular complexity index is 605. The quantitative estimate of drug-likeness (QED) is 0.820. The third-order valence-corrected chi connectivity index (χ3v) is 3.31. The van der Waals surface area contributed by atoms with Crippen molar-refractivity contribution in [3.05, 3.63) is 51.2 Å². The molecule has 0 unspecified atom stereocenters. The standard InChI is InChI=1S/C13H11BrClN3O/c1-7-4-9(14)12(10(16)5-7)18-13(19)11-3-2-8(15)6-17-11/h2-6H,16H2,1H3,(H,18,19). The van der Waals surface area contributed by atoms with Gasteiger partial charge in [0.05, 0.1) is 16.4 Å². The number of rotatable bonds is 2. The van der Waals surface area contributed by atoms with E-state index in [4.69, 9.17) is 17.3 Å². The van der Waals surface area contributed by atoms with E-state index in [1.165, 1.54) is 6.20 Å². The van der Waals surface area contributed by atoms with Crippen LogP contribution in [0.25, 0.3) is 0 Å². The minimum atomic E-state index is -0.340. The molecule has 1 heterocycles. The van der Waals surface area contributed by atoms with Crippen molar-refractivity contribution in [2.24, 2.45) is 0 Å². The van der Waals surface area contributed by atoms with E-state index in [2.05, 4.69) is 26.2 Å². The van der Waals surface area contributed by atoms with Gasteiger partial charge in [0.25, 0.3) is 5.91 Å². The first-order valence-electron chi connectivity index (χ1n) is 5.46. The minimum absolute atomic E-state index is 0.274.